The Kier molecular flexibility index (Phi) is 7.08. The van der Waals surface area contributed by atoms with Crippen LogP contribution in [0.2, 0.25) is 0 Å². The van der Waals surface area contributed by atoms with Crippen LogP contribution in [0.1, 0.15) is 32.7 Å². The predicted molar refractivity (Wildman–Crippen MR) is 145 cm³/mol. The lowest BCUT2D eigenvalue weighted by Crippen LogP contribution is -2.58. The molecule has 0 bridgehead atoms. The number of amides is 1. The molecule has 5 rings (SSSR count). The molecule has 3 aromatic heterocycles. The van der Waals surface area contributed by atoms with Gasteiger partial charge in [0.1, 0.15) is 11.9 Å². The number of H-pyrrole nitrogens is 2. The van der Waals surface area contributed by atoms with Gasteiger partial charge in [0.2, 0.25) is 0 Å². The van der Waals surface area contributed by atoms with Gasteiger partial charge in [-0.25, -0.2) is 9.67 Å². The van der Waals surface area contributed by atoms with Crippen molar-refractivity contribution in [3.63, 3.8) is 0 Å². The molecule has 3 N–H and O–H groups in total. The standard InChI is InChI=1S/C26H26F3N9O3/c1-14(9-19(35-30-4)26(27,28)29)38-8-7-20(36-38)37-13-25(2,3)41-22(24(37)40)21(39)23-33-17-6-5-15(10-18(17)34-23)16-11-31-32-12-16/h5-12,21-22,39H,4,13H2,1-3H3,(H,31,32)(H,33,34). The van der Waals surface area contributed by atoms with Gasteiger partial charge in [-0.1, -0.05) is 6.07 Å². The highest BCUT2D eigenvalue weighted by Gasteiger charge is 2.45. The van der Waals surface area contributed by atoms with Crippen LogP contribution in [0, 0.1) is 0 Å². The number of allylic oxidation sites excluding steroid dienone is 2. The van der Waals surface area contributed by atoms with Gasteiger partial charge in [0.15, 0.2) is 17.6 Å². The lowest BCUT2D eigenvalue weighted by molar-refractivity contribution is -0.166. The van der Waals surface area contributed by atoms with Crippen molar-refractivity contribution in [3.05, 3.63) is 54.8 Å². The third-order valence-electron chi connectivity index (χ3n) is 6.42. The van der Waals surface area contributed by atoms with Crippen LogP contribution in [0.4, 0.5) is 19.0 Å². The van der Waals surface area contributed by atoms with Crippen molar-refractivity contribution >= 4 is 40.9 Å². The highest BCUT2D eigenvalue weighted by Crippen LogP contribution is 2.33. The zero-order valence-electron chi connectivity index (χ0n) is 22.2. The topological polar surface area (TPSA) is 150 Å². The monoisotopic (exact) mass is 569 g/mol. The van der Waals surface area contributed by atoms with Gasteiger partial charge in [-0.15, -0.1) is 5.10 Å². The van der Waals surface area contributed by atoms with Crippen LogP contribution in [-0.2, 0) is 9.53 Å². The molecule has 41 heavy (non-hydrogen) atoms. The van der Waals surface area contributed by atoms with Crippen molar-refractivity contribution in [2.24, 2.45) is 10.2 Å². The molecule has 1 amide bonds. The lowest BCUT2D eigenvalue weighted by Gasteiger charge is -2.42. The molecule has 15 heteroatoms. The highest BCUT2D eigenvalue weighted by molar-refractivity contribution is 6.02. The first-order valence-electron chi connectivity index (χ1n) is 12.4. The molecular formula is C26H26F3N9O3. The largest absolute Gasteiger partial charge is 0.435 e. The van der Waals surface area contributed by atoms with Crippen LogP contribution in [0.25, 0.3) is 27.9 Å². The van der Waals surface area contributed by atoms with Crippen LogP contribution in [-0.4, -0.2) is 77.8 Å². The van der Waals surface area contributed by atoms with Crippen LogP contribution >= 0.6 is 0 Å². The zero-order chi connectivity index (χ0) is 29.5. The minimum Gasteiger partial charge on any atom is -0.382 e. The maximum atomic E-state index is 13.6. The first-order chi connectivity index (χ1) is 19.4. The third kappa shape index (κ3) is 5.67. The van der Waals surface area contributed by atoms with E-state index < -0.39 is 35.6 Å². The molecule has 1 aromatic carbocycles. The van der Waals surface area contributed by atoms with E-state index in [9.17, 15) is 23.1 Å². The molecule has 1 fully saturated rings. The summed E-state index contributed by atoms with van der Waals surface area (Å²) in [5.41, 5.74) is 0.895. The van der Waals surface area contributed by atoms with E-state index in [0.717, 1.165) is 17.2 Å². The number of alkyl halides is 3. The number of imidazole rings is 1. The first-order valence-corrected chi connectivity index (χ1v) is 12.4. The molecule has 4 aromatic rings. The molecule has 0 spiro atoms. The van der Waals surface area contributed by atoms with Gasteiger partial charge in [-0.2, -0.15) is 28.5 Å². The molecule has 1 saturated heterocycles. The number of aliphatic hydroxyl groups excluding tert-OH is 1. The summed E-state index contributed by atoms with van der Waals surface area (Å²) >= 11 is 0. The molecule has 0 radical (unpaired) electrons. The van der Waals surface area contributed by atoms with Gasteiger partial charge < -0.3 is 14.8 Å². The van der Waals surface area contributed by atoms with Crippen molar-refractivity contribution in [1.29, 1.82) is 0 Å². The van der Waals surface area contributed by atoms with Gasteiger partial charge in [0.05, 0.1) is 29.4 Å². The van der Waals surface area contributed by atoms with Crippen molar-refractivity contribution in [2.45, 2.75) is 44.8 Å². The van der Waals surface area contributed by atoms with E-state index in [2.05, 4.69) is 42.2 Å². The number of rotatable bonds is 7. The van der Waals surface area contributed by atoms with Gasteiger partial charge in [0, 0.05) is 36.4 Å². The second-order valence-corrected chi connectivity index (χ2v) is 10.0. The highest BCUT2D eigenvalue weighted by atomic mass is 19.4. The first kappa shape index (κ1) is 27.9. The van der Waals surface area contributed by atoms with Gasteiger partial charge in [-0.05, 0) is 44.5 Å². The van der Waals surface area contributed by atoms with E-state index in [0.29, 0.717) is 11.0 Å². The SMILES string of the molecule is C=NN=C(C=C(C)n1ccc(N2CC(C)(C)OC(C(O)c3nc4ccc(-c5cn[nH]c5)cc4[nH]3)C2=O)n1)C(F)(F)F. The normalized spacial score (nSPS) is 19.1. The maximum absolute atomic E-state index is 13.6. The van der Waals surface area contributed by atoms with Gasteiger partial charge in [-0.3, -0.25) is 14.8 Å². The average molecular weight is 570 g/mol. The number of fused-ring (bicyclic) bond motifs is 1. The fourth-order valence-electron chi connectivity index (χ4n) is 4.50. The number of morpholine rings is 1. The van der Waals surface area contributed by atoms with Gasteiger partial charge in [0.25, 0.3) is 5.91 Å². The summed E-state index contributed by atoms with van der Waals surface area (Å²) in [6.45, 7) is 7.96. The molecule has 2 atom stereocenters. The van der Waals surface area contributed by atoms with E-state index in [1.165, 1.54) is 28.8 Å². The third-order valence-corrected chi connectivity index (χ3v) is 6.42. The lowest BCUT2D eigenvalue weighted by atomic mass is 10.0. The van der Waals surface area contributed by atoms with Gasteiger partial charge >= 0.3 is 6.18 Å². The Morgan fingerprint density at radius 3 is 2.78 bits per heavy atom. The Labute approximate surface area is 231 Å². The fraction of sp³-hybridized carbons (Fsp3) is 0.308. The summed E-state index contributed by atoms with van der Waals surface area (Å²) in [4.78, 5) is 22.4. The van der Waals surface area contributed by atoms with Crippen molar-refractivity contribution < 1.29 is 27.8 Å². The number of hydrogen-bond donors (Lipinski definition) is 3. The fourth-order valence-corrected chi connectivity index (χ4v) is 4.50. The van der Waals surface area contributed by atoms with E-state index in [1.54, 1.807) is 32.3 Å². The molecule has 0 saturated carbocycles. The van der Waals surface area contributed by atoms with E-state index in [1.807, 2.05) is 12.1 Å². The Morgan fingerprint density at radius 1 is 1.32 bits per heavy atom. The number of carbonyl (C=O) groups is 1. The summed E-state index contributed by atoms with van der Waals surface area (Å²) in [6.07, 6.45) is -1.93. The number of halogens is 3. The molecule has 4 heterocycles. The molecule has 214 valence electrons. The van der Waals surface area contributed by atoms with Crippen molar-refractivity contribution in [2.75, 3.05) is 11.4 Å². The summed E-state index contributed by atoms with van der Waals surface area (Å²) < 4.78 is 46.9. The molecule has 1 aliphatic heterocycles. The van der Waals surface area contributed by atoms with E-state index in [-0.39, 0.29) is 23.9 Å². The minimum absolute atomic E-state index is 0.0737. The number of ether oxygens (including phenoxy) is 1. The zero-order valence-corrected chi connectivity index (χ0v) is 22.2. The number of aromatic amines is 2. The quantitative estimate of drug-likeness (QED) is 0.227. The predicted octanol–water partition coefficient (Wildman–Crippen LogP) is 3.87. The number of aromatic nitrogens is 6. The number of aliphatic hydroxyl groups is 1. The molecule has 2 unspecified atom stereocenters. The summed E-state index contributed by atoms with van der Waals surface area (Å²) in [7, 11) is 0. The van der Waals surface area contributed by atoms with Crippen molar-refractivity contribution in [1.82, 2.24) is 29.9 Å². The minimum atomic E-state index is -4.75. The molecule has 1 aliphatic rings. The number of nitrogens with one attached hydrogen (secondary N) is 2. The number of anilines is 1. The van der Waals surface area contributed by atoms with Crippen LogP contribution in [0.3, 0.4) is 0 Å². The molecule has 0 aliphatic carbocycles. The van der Waals surface area contributed by atoms with Crippen LogP contribution < -0.4 is 4.90 Å². The Hall–Kier alpha value is -4.63. The molecular weight excluding hydrogens is 543 g/mol. The van der Waals surface area contributed by atoms with Crippen molar-refractivity contribution in [3.8, 4) is 11.1 Å². The Bertz CT molecular complexity index is 1650. The Balaban J connectivity index is 1.41. The smallest absolute Gasteiger partial charge is 0.382 e. The second-order valence-electron chi connectivity index (χ2n) is 10.0. The summed E-state index contributed by atoms with van der Waals surface area (Å²) in [5.74, 6) is -0.283. The van der Waals surface area contributed by atoms with E-state index in [4.69, 9.17) is 4.74 Å². The summed E-state index contributed by atoms with van der Waals surface area (Å²) in [5, 5.41) is 28.3. The summed E-state index contributed by atoms with van der Waals surface area (Å²) in [6, 6.07) is 6.98. The molecule has 12 nitrogen and oxygen atoms in total. The number of benzene rings is 1. The van der Waals surface area contributed by atoms with E-state index >= 15 is 0 Å². The van der Waals surface area contributed by atoms with Crippen LogP contribution in [0.15, 0.2) is 59.1 Å². The van der Waals surface area contributed by atoms with Crippen LogP contribution in [0.5, 0.6) is 0 Å². The second kappa shape index (κ2) is 10.4. The maximum Gasteiger partial charge on any atom is 0.435 e. The number of carbonyl (C=O) groups excluding carboxylic acids is 1. The number of hydrogen-bond acceptors (Lipinski definition) is 8. The number of nitrogens with zero attached hydrogens (tertiary/aromatic N) is 7. The average Bonchev–Trinajstić information content (AvgIpc) is 3.69. The Morgan fingerprint density at radius 2 is 2.10 bits per heavy atom.